The van der Waals surface area contributed by atoms with Crippen LogP contribution in [-0.2, 0) is 22.4 Å². The summed E-state index contributed by atoms with van der Waals surface area (Å²) in [6.07, 6.45) is 13.4. The number of aryl methyl sites for hydroxylation is 3. The quantitative estimate of drug-likeness (QED) is 0.342. The third-order valence-corrected chi connectivity index (χ3v) is 4.36. The highest BCUT2D eigenvalue weighted by atomic mass is 16.5. The molecule has 0 spiro atoms. The van der Waals surface area contributed by atoms with E-state index in [4.69, 9.17) is 4.42 Å². The average molecular weight is 322 g/mol. The summed E-state index contributed by atoms with van der Waals surface area (Å²) in [4.78, 5) is 11.0. The first-order valence-electron chi connectivity index (χ1n) is 9.32. The molecule has 0 atom stereocenters. The number of ether oxygens (including phenoxy) is 1. The van der Waals surface area contributed by atoms with Crippen LogP contribution in [0.2, 0.25) is 0 Å². The summed E-state index contributed by atoms with van der Waals surface area (Å²) in [6.45, 7) is 4.40. The minimum atomic E-state index is -0.0949. The van der Waals surface area contributed by atoms with Crippen LogP contribution in [0.4, 0.5) is 0 Å². The lowest BCUT2D eigenvalue weighted by molar-refractivity contribution is -0.140. The number of esters is 1. The number of furan rings is 1. The largest absolute Gasteiger partial charge is 0.469 e. The van der Waals surface area contributed by atoms with Gasteiger partial charge in [-0.2, -0.15) is 0 Å². The first-order valence-corrected chi connectivity index (χ1v) is 9.32. The lowest BCUT2D eigenvalue weighted by atomic mass is 10.1. The maximum atomic E-state index is 11.0. The minimum Gasteiger partial charge on any atom is -0.469 e. The number of carbonyl (C=O) groups excluding carboxylic acids is 1. The smallest absolute Gasteiger partial charge is 0.305 e. The number of hydrogen-bond donors (Lipinski definition) is 0. The highest BCUT2D eigenvalue weighted by Gasteiger charge is 2.07. The molecular weight excluding hydrogens is 288 g/mol. The zero-order valence-corrected chi connectivity index (χ0v) is 15.3. The summed E-state index contributed by atoms with van der Waals surface area (Å²) in [5.41, 5.74) is 1.31. The third-order valence-electron chi connectivity index (χ3n) is 4.36. The highest BCUT2D eigenvalue weighted by Crippen LogP contribution is 2.20. The topological polar surface area (TPSA) is 39.4 Å². The summed E-state index contributed by atoms with van der Waals surface area (Å²) < 4.78 is 10.6. The SMILES string of the molecule is CCCCCCc1oc(CCCCCCCC(=O)OC)cc1C. The zero-order valence-electron chi connectivity index (χ0n) is 15.3. The third kappa shape index (κ3) is 8.83. The average Bonchev–Trinajstić information content (AvgIpc) is 2.90. The van der Waals surface area contributed by atoms with E-state index >= 15 is 0 Å². The fraction of sp³-hybridized carbons (Fsp3) is 0.750. The van der Waals surface area contributed by atoms with E-state index in [2.05, 4.69) is 24.7 Å². The Labute approximate surface area is 141 Å². The standard InChI is InChI=1S/C20H34O3/c1-4-5-6-11-14-19-17(2)16-18(23-19)13-10-8-7-9-12-15-20(21)22-3/h16H,4-15H2,1-3H3. The second kappa shape index (κ2) is 12.2. The van der Waals surface area contributed by atoms with Crippen LogP contribution in [-0.4, -0.2) is 13.1 Å². The van der Waals surface area contributed by atoms with Gasteiger partial charge in [-0.3, -0.25) is 4.79 Å². The van der Waals surface area contributed by atoms with Crippen LogP contribution in [0.5, 0.6) is 0 Å². The van der Waals surface area contributed by atoms with E-state index in [0.717, 1.165) is 31.4 Å². The molecule has 1 heterocycles. The Morgan fingerprint density at radius 3 is 2.39 bits per heavy atom. The van der Waals surface area contributed by atoms with Crippen molar-refractivity contribution in [2.75, 3.05) is 7.11 Å². The molecule has 23 heavy (non-hydrogen) atoms. The van der Waals surface area contributed by atoms with Gasteiger partial charge in [0.05, 0.1) is 7.11 Å². The zero-order chi connectivity index (χ0) is 16.9. The van der Waals surface area contributed by atoms with Crippen LogP contribution >= 0.6 is 0 Å². The van der Waals surface area contributed by atoms with Crippen LogP contribution in [0.1, 0.15) is 88.2 Å². The molecule has 0 aromatic carbocycles. The summed E-state index contributed by atoms with van der Waals surface area (Å²) in [5, 5.41) is 0. The Morgan fingerprint density at radius 1 is 1.00 bits per heavy atom. The van der Waals surface area contributed by atoms with E-state index in [9.17, 15) is 4.79 Å². The van der Waals surface area contributed by atoms with Gasteiger partial charge in [0.1, 0.15) is 11.5 Å². The normalized spacial score (nSPS) is 10.9. The van der Waals surface area contributed by atoms with Gasteiger partial charge in [0.2, 0.25) is 0 Å². The predicted octanol–water partition coefficient (Wildman–Crippen LogP) is 5.77. The van der Waals surface area contributed by atoms with Gasteiger partial charge in [-0.1, -0.05) is 45.4 Å². The molecule has 0 aliphatic rings. The van der Waals surface area contributed by atoms with Gasteiger partial charge in [0.15, 0.2) is 0 Å². The maximum absolute atomic E-state index is 11.0. The van der Waals surface area contributed by atoms with Gasteiger partial charge in [-0.15, -0.1) is 0 Å². The molecule has 132 valence electrons. The molecule has 3 heteroatoms. The molecule has 3 nitrogen and oxygen atoms in total. The summed E-state index contributed by atoms with van der Waals surface area (Å²) in [6, 6.07) is 2.21. The van der Waals surface area contributed by atoms with Crippen molar-refractivity contribution < 1.29 is 13.9 Å². The molecular formula is C20H34O3. The first-order chi connectivity index (χ1) is 11.2. The van der Waals surface area contributed by atoms with Gasteiger partial charge < -0.3 is 9.15 Å². The fourth-order valence-corrected chi connectivity index (χ4v) is 2.87. The molecule has 0 N–H and O–H groups in total. The Morgan fingerprint density at radius 2 is 1.65 bits per heavy atom. The van der Waals surface area contributed by atoms with Crippen molar-refractivity contribution in [1.29, 1.82) is 0 Å². The summed E-state index contributed by atoms with van der Waals surface area (Å²) >= 11 is 0. The van der Waals surface area contributed by atoms with Crippen LogP contribution in [0.15, 0.2) is 10.5 Å². The van der Waals surface area contributed by atoms with Crippen molar-refractivity contribution in [1.82, 2.24) is 0 Å². The molecule has 1 aromatic rings. The van der Waals surface area contributed by atoms with Gasteiger partial charge in [-0.05, 0) is 37.8 Å². The predicted molar refractivity (Wildman–Crippen MR) is 94.7 cm³/mol. The van der Waals surface area contributed by atoms with Crippen LogP contribution < -0.4 is 0 Å². The van der Waals surface area contributed by atoms with E-state index < -0.39 is 0 Å². The number of rotatable bonds is 13. The molecule has 0 bridgehead atoms. The summed E-state index contributed by atoms with van der Waals surface area (Å²) in [7, 11) is 1.45. The fourth-order valence-electron chi connectivity index (χ4n) is 2.87. The monoisotopic (exact) mass is 322 g/mol. The number of carbonyl (C=O) groups is 1. The molecule has 0 saturated carbocycles. The van der Waals surface area contributed by atoms with E-state index in [0.29, 0.717) is 6.42 Å². The van der Waals surface area contributed by atoms with Crippen molar-refractivity contribution in [2.24, 2.45) is 0 Å². The molecule has 1 rings (SSSR count). The Kier molecular flexibility index (Phi) is 10.5. The number of unbranched alkanes of at least 4 members (excludes halogenated alkanes) is 7. The Balaban J connectivity index is 2.12. The molecule has 1 aromatic heterocycles. The van der Waals surface area contributed by atoms with Gasteiger partial charge >= 0.3 is 5.97 Å². The van der Waals surface area contributed by atoms with Crippen molar-refractivity contribution in [3.05, 3.63) is 23.2 Å². The van der Waals surface area contributed by atoms with Gasteiger partial charge in [0, 0.05) is 19.3 Å². The number of methoxy groups -OCH3 is 1. The van der Waals surface area contributed by atoms with Crippen LogP contribution in [0, 0.1) is 6.92 Å². The Hall–Kier alpha value is -1.25. The second-order valence-electron chi connectivity index (χ2n) is 6.47. The molecule has 0 saturated heterocycles. The molecule has 0 aliphatic heterocycles. The molecule has 0 radical (unpaired) electrons. The van der Waals surface area contributed by atoms with Gasteiger partial charge in [-0.25, -0.2) is 0 Å². The van der Waals surface area contributed by atoms with Crippen LogP contribution in [0.25, 0.3) is 0 Å². The number of hydrogen-bond acceptors (Lipinski definition) is 3. The lowest BCUT2D eigenvalue weighted by Gasteiger charge is -2.01. The second-order valence-corrected chi connectivity index (χ2v) is 6.47. The van der Waals surface area contributed by atoms with E-state index in [1.165, 1.54) is 63.4 Å². The van der Waals surface area contributed by atoms with E-state index in [-0.39, 0.29) is 5.97 Å². The van der Waals surface area contributed by atoms with Gasteiger partial charge in [0.25, 0.3) is 0 Å². The molecule has 0 amide bonds. The highest BCUT2D eigenvalue weighted by molar-refractivity contribution is 5.68. The van der Waals surface area contributed by atoms with E-state index in [1.54, 1.807) is 0 Å². The van der Waals surface area contributed by atoms with Crippen molar-refractivity contribution in [2.45, 2.75) is 90.9 Å². The van der Waals surface area contributed by atoms with E-state index in [1.807, 2.05) is 0 Å². The lowest BCUT2D eigenvalue weighted by Crippen LogP contribution is -1.99. The molecule has 0 fully saturated rings. The van der Waals surface area contributed by atoms with Crippen molar-refractivity contribution in [3.63, 3.8) is 0 Å². The van der Waals surface area contributed by atoms with Crippen LogP contribution in [0.3, 0.4) is 0 Å². The molecule has 0 aliphatic carbocycles. The summed E-state index contributed by atoms with van der Waals surface area (Å²) in [5.74, 6) is 2.24. The minimum absolute atomic E-state index is 0.0949. The van der Waals surface area contributed by atoms with Crippen molar-refractivity contribution in [3.8, 4) is 0 Å². The van der Waals surface area contributed by atoms with Crippen molar-refractivity contribution >= 4 is 5.97 Å². The molecule has 0 unspecified atom stereocenters. The Bertz CT molecular complexity index is 434. The first kappa shape index (κ1) is 19.8. The maximum Gasteiger partial charge on any atom is 0.305 e.